The van der Waals surface area contributed by atoms with E-state index in [1.807, 2.05) is 0 Å². The van der Waals surface area contributed by atoms with Crippen molar-refractivity contribution in [2.24, 2.45) is 17.8 Å². The summed E-state index contributed by atoms with van der Waals surface area (Å²) in [7, 11) is 0. The highest BCUT2D eigenvalue weighted by molar-refractivity contribution is 5.87. The first-order chi connectivity index (χ1) is 8.29. The molecule has 3 nitrogen and oxygen atoms in total. The molecule has 1 saturated heterocycles. The Morgan fingerprint density at radius 1 is 1.53 bits per heavy atom. The predicted molar refractivity (Wildman–Crippen MR) is 67.6 cm³/mol. The quantitative estimate of drug-likeness (QED) is 0.719. The van der Waals surface area contributed by atoms with E-state index >= 15 is 0 Å². The first kappa shape index (κ1) is 12.6. The molecule has 1 N–H and O–H groups in total. The molecule has 2 rings (SSSR count). The van der Waals surface area contributed by atoms with Crippen LogP contribution in [0.3, 0.4) is 0 Å². The molecule has 1 aliphatic heterocycles. The molecule has 0 aromatic rings. The number of amides is 1. The van der Waals surface area contributed by atoms with Gasteiger partial charge < -0.3 is 10.1 Å². The number of hydrogen-bond acceptors (Lipinski definition) is 2. The molecule has 3 atom stereocenters. The Morgan fingerprint density at radius 3 is 3.12 bits per heavy atom. The van der Waals surface area contributed by atoms with Crippen LogP contribution in [0.25, 0.3) is 0 Å². The Bertz CT molecular complexity index is 282. The van der Waals surface area contributed by atoms with Gasteiger partial charge in [-0.05, 0) is 30.8 Å². The highest BCUT2D eigenvalue weighted by Gasteiger charge is 2.33. The second kappa shape index (κ2) is 6.20. The van der Waals surface area contributed by atoms with Gasteiger partial charge >= 0.3 is 0 Å². The third-order valence-electron chi connectivity index (χ3n) is 3.72. The van der Waals surface area contributed by atoms with Crippen molar-refractivity contribution < 1.29 is 9.53 Å². The number of rotatable bonds is 6. The zero-order valence-corrected chi connectivity index (χ0v) is 10.7. The lowest BCUT2D eigenvalue weighted by Gasteiger charge is -2.07. The lowest BCUT2D eigenvalue weighted by atomic mass is 10.1. The van der Waals surface area contributed by atoms with Crippen molar-refractivity contribution in [2.45, 2.75) is 32.6 Å². The molecule has 1 amide bonds. The summed E-state index contributed by atoms with van der Waals surface area (Å²) in [6, 6.07) is 0. The normalized spacial score (nSPS) is 31.9. The van der Waals surface area contributed by atoms with Crippen molar-refractivity contribution in [3.05, 3.63) is 12.2 Å². The number of nitrogens with one attached hydrogen (secondary N) is 1. The van der Waals surface area contributed by atoms with Crippen molar-refractivity contribution >= 4 is 5.91 Å². The van der Waals surface area contributed by atoms with Crippen LogP contribution in [0.5, 0.6) is 0 Å². The van der Waals surface area contributed by atoms with Gasteiger partial charge in [-0.2, -0.15) is 0 Å². The van der Waals surface area contributed by atoms with Gasteiger partial charge in [-0.25, -0.2) is 0 Å². The lowest BCUT2D eigenvalue weighted by Crippen LogP contribution is -2.27. The van der Waals surface area contributed by atoms with E-state index in [0.717, 1.165) is 32.1 Å². The molecule has 0 bridgehead atoms. The second-order valence-corrected chi connectivity index (χ2v) is 5.28. The van der Waals surface area contributed by atoms with Crippen LogP contribution >= 0.6 is 0 Å². The Morgan fingerprint density at radius 2 is 2.41 bits per heavy atom. The molecule has 1 heterocycles. The van der Waals surface area contributed by atoms with Crippen LogP contribution in [-0.2, 0) is 9.53 Å². The van der Waals surface area contributed by atoms with Crippen LogP contribution in [0, 0.1) is 17.8 Å². The van der Waals surface area contributed by atoms with Crippen LogP contribution in [0.4, 0.5) is 0 Å². The van der Waals surface area contributed by atoms with Gasteiger partial charge in [-0.3, -0.25) is 4.79 Å². The topological polar surface area (TPSA) is 38.3 Å². The summed E-state index contributed by atoms with van der Waals surface area (Å²) in [5, 5.41) is 2.95. The largest absolute Gasteiger partial charge is 0.381 e. The Labute approximate surface area is 104 Å². The van der Waals surface area contributed by atoms with E-state index in [4.69, 9.17) is 4.74 Å². The molecular formula is C14H23NO2. The van der Waals surface area contributed by atoms with Gasteiger partial charge in [0.05, 0.1) is 6.61 Å². The zero-order chi connectivity index (χ0) is 12.1. The van der Waals surface area contributed by atoms with Crippen molar-refractivity contribution in [3.63, 3.8) is 0 Å². The van der Waals surface area contributed by atoms with Gasteiger partial charge in [0, 0.05) is 19.1 Å². The minimum atomic E-state index is 0.0547. The molecule has 96 valence electrons. The number of carbonyl (C=O) groups is 1. The predicted octanol–water partition coefficient (Wildman–Crippen LogP) is 2.13. The average Bonchev–Trinajstić information content (AvgIpc) is 2.86. The van der Waals surface area contributed by atoms with E-state index in [9.17, 15) is 4.79 Å². The highest BCUT2D eigenvalue weighted by Crippen LogP contribution is 2.42. The number of allylic oxidation sites excluding steroid dienone is 1. The average molecular weight is 237 g/mol. The van der Waals surface area contributed by atoms with Crippen LogP contribution in [0.1, 0.15) is 32.6 Å². The molecule has 0 spiro atoms. The van der Waals surface area contributed by atoms with Crippen LogP contribution < -0.4 is 5.32 Å². The Hall–Kier alpha value is -0.830. The fourth-order valence-electron chi connectivity index (χ4n) is 2.47. The molecule has 0 aromatic carbocycles. The molecule has 2 fully saturated rings. The van der Waals surface area contributed by atoms with Gasteiger partial charge in [0.1, 0.15) is 0 Å². The third-order valence-corrected chi connectivity index (χ3v) is 3.72. The van der Waals surface area contributed by atoms with Crippen LogP contribution in [-0.4, -0.2) is 25.7 Å². The molecule has 1 saturated carbocycles. The molecule has 1 unspecified atom stereocenters. The molecule has 0 aromatic heterocycles. The SMILES string of the molecule is CCC[C@@H]1C[C@H]1/C=C/C(=O)NCC1CCOC1. The fourth-order valence-corrected chi connectivity index (χ4v) is 2.47. The molecule has 1 aliphatic carbocycles. The third kappa shape index (κ3) is 4.15. The number of ether oxygens (including phenoxy) is 1. The first-order valence-corrected chi connectivity index (χ1v) is 6.83. The molecule has 0 radical (unpaired) electrons. The van der Waals surface area contributed by atoms with E-state index < -0.39 is 0 Å². The van der Waals surface area contributed by atoms with Crippen molar-refractivity contribution in [1.29, 1.82) is 0 Å². The van der Waals surface area contributed by atoms with Crippen LogP contribution in [0.15, 0.2) is 12.2 Å². The van der Waals surface area contributed by atoms with E-state index in [0.29, 0.717) is 11.8 Å². The Balaban J connectivity index is 1.59. The summed E-state index contributed by atoms with van der Waals surface area (Å²) >= 11 is 0. The minimum absolute atomic E-state index is 0.0547. The molecule has 2 aliphatic rings. The fraction of sp³-hybridized carbons (Fsp3) is 0.786. The summed E-state index contributed by atoms with van der Waals surface area (Å²) in [6.07, 6.45) is 8.70. The second-order valence-electron chi connectivity index (χ2n) is 5.28. The van der Waals surface area contributed by atoms with E-state index in [-0.39, 0.29) is 5.91 Å². The van der Waals surface area contributed by atoms with Gasteiger partial charge in [-0.1, -0.05) is 25.8 Å². The van der Waals surface area contributed by atoms with E-state index in [1.54, 1.807) is 6.08 Å². The maximum Gasteiger partial charge on any atom is 0.243 e. The lowest BCUT2D eigenvalue weighted by molar-refractivity contribution is -0.116. The van der Waals surface area contributed by atoms with Gasteiger partial charge in [0.25, 0.3) is 0 Å². The molecule has 17 heavy (non-hydrogen) atoms. The maximum atomic E-state index is 11.6. The monoisotopic (exact) mass is 237 g/mol. The minimum Gasteiger partial charge on any atom is -0.381 e. The summed E-state index contributed by atoms with van der Waals surface area (Å²) in [4.78, 5) is 11.6. The summed E-state index contributed by atoms with van der Waals surface area (Å²) in [6.45, 7) is 4.62. The smallest absolute Gasteiger partial charge is 0.243 e. The maximum absolute atomic E-state index is 11.6. The van der Waals surface area contributed by atoms with Crippen molar-refractivity contribution in [1.82, 2.24) is 5.32 Å². The standard InChI is InChI=1S/C14H23NO2/c1-2-3-12-8-13(12)4-5-14(16)15-9-11-6-7-17-10-11/h4-5,11-13H,2-3,6-10H2,1H3,(H,15,16)/b5-4+/t11?,12-,13-/m1/s1. The molecule has 3 heteroatoms. The number of carbonyl (C=O) groups excluding carboxylic acids is 1. The van der Waals surface area contributed by atoms with Crippen molar-refractivity contribution in [2.75, 3.05) is 19.8 Å². The van der Waals surface area contributed by atoms with E-state index in [2.05, 4.69) is 18.3 Å². The van der Waals surface area contributed by atoms with Gasteiger partial charge in [0.15, 0.2) is 0 Å². The Kier molecular flexibility index (Phi) is 4.60. The summed E-state index contributed by atoms with van der Waals surface area (Å²) in [5.41, 5.74) is 0. The first-order valence-electron chi connectivity index (χ1n) is 6.83. The zero-order valence-electron chi connectivity index (χ0n) is 10.7. The number of hydrogen-bond donors (Lipinski definition) is 1. The summed E-state index contributed by atoms with van der Waals surface area (Å²) in [5.74, 6) is 2.07. The molecular weight excluding hydrogens is 214 g/mol. The van der Waals surface area contributed by atoms with Gasteiger partial charge in [-0.15, -0.1) is 0 Å². The van der Waals surface area contributed by atoms with Gasteiger partial charge in [0.2, 0.25) is 5.91 Å². The van der Waals surface area contributed by atoms with Crippen molar-refractivity contribution in [3.8, 4) is 0 Å². The summed E-state index contributed by atoms with van der Waals surface area (Å²) < 4.78 is 5.27. The van der Waals surface area contributed by atoms with E-state index in [1.165, 1.54) is 19.3 Å². The highest BCUT2D eigenvalue weighted by atomic mass is 16.5. The van der Waals surface area contributed by atoms with Crippen LogP contribution in [0.2, 0.25) is 0 Å².